The molecule has 4 rings (SSSR count). The Morgan fingerprint density at radius 1 is 1.02 bits per heavy atom. The van der Waals surface area contributed by atoms with E-state index in [4.69, 9.17) is 9.47 Å². The average molecular weight is 644 g/mol. The van der Waals surface area contributed by atoms with Crippen LogP contribution in [0.4, 0.5) is 39.8 Å². The number of alkyl halides is 3. The topological polar surface area (TPSA) is 132 Å². The number of fused-ring (bicyclic) bond motifs is 1. The minimum Gasteiger partial charge on any atom is -0.497 e. The van der Waals surface area contributed by atoms with Crippen LogP contribution in [0.2, 0.25) is 0 Å². The van der Waals surface area contributed by atoms with Crippen LogP contribution in [-0.2, 0) is 6.18 Å². The molecule has 0 saturated carbocycles. The number of benzene rings is 3. The number of aliphatic hydroxyl groups excluding tert-OH is 1. The lowest BCUT2D eigenvalue weighted by Crippen LogP contribution is -2.50. The summed E-state index contributed by atoms with van der Waals surface area (Å²) < 4.78 is 50.0. The molecule has 1 aliphatic rings. The van der Waals surface area contributed by atoms with Crippen LogP contribution in [0.1, 0.15) is 29.8 Å². The summed E-state index contributed by atoms with van der Waals surface area (Å²) in [5.41, 5.74) is 0.200. The van der Waals surface area contributed by atoms with Gasteiger partial charge in [-0.15, -0.1) is 0 Å². The molecule has 14 heteroatoms. The number of amides is 5. The molecule has 1 aliphatic heterocycles. The minimum atomic E-state index is -4.51. The number of nitrogens with zero attached hydrogens (tertiary/aromatic N) is 2. The Morgan fingerprint density at radius 3 is 2.22 bits per heavy atom. The number of carbonyl (C=O) groups excluding carboxylic acids is 3. The molecule has 0 aromatic heterocycles. The third-order valence-corrected chi connectivity index (χ3v) is 7.53. The van der Waals surface area contributed by atoms with Gasteiger partial charge in [0.15, 0.2) is 0 Å². The number of likely N-dealkylation sites (N-methyl/N-ethyl adjacent to an activating group) is 1. The highest BCUT2D eigenvalue weighted by Gasteiger charge is 2.34. The van der Waals surface area contributed by atoms with E-state index in [1.165, 1.54) is 28.0 Å². The van der Waals surface area contributed by atoms with Gasteiger partial charge in [-0.3, -0.25) is 4.79 Å². The molecule has 3 aromatic rings. The second-order valence-electron chi connectivity index (χ2n) is 11.0. The zero-order valence-electron chi connectivity index (χ0n) is 25.7. The van der Waals surface area contributed by atoms with Crippen LogP contribution in [0.5, 0.6) is 11.5 Å². The first-order valence-electron chi connectivity index (χ1n) is 14.4. The van der Waals surface area contributed by atoms with Gasteiger partial charge < -0.3 is 40.3 Å². The summed E-state index contributed by atoms with van der Waals surface area (Å²) in [7, 11) is 3.17. The highest BCUT2D eigenvalue weighted by molar-refractivity contribution is 6.02. The van der Waals surface area contributed by atoms with Crippen molar-refractivity contribution in [2.45, 2.75) is 32.2 Å². The van der Waals surface area contributed by atoms with Crippen LogP contribution in [-0.4, -0.2) is 78.9 Å². The van der Waals surface area contributed by atoms with E-state index in [1.807, 2.05) is 6.92 Å². The summed E-state index contributed by atoms with van der Waals surface area (Å²) in [6, 6.07) is 13.6. The SMILES string of the molecule is COc1ccc(NC(=O)N(C)C[C@H]2Oc3ccc(NC(=O)Nc4ccc(C(F)(F)F)cc4)cc3C(=O)N([C@H](C)CO)C[C@@H]2C)cc1. The molecular formula is C32H36F3N5O6. The zero-order chi connectivity index (χ0) is 33.6. The maximum absolute atomic E-state index is 13.7. The van der Waals surface area contributed by atoms with Crippen molar-refractivity contribution in [1.82, 2.24) is 9.80 Å². The Labute approximate surface area is 264 Å². The van der Waals surface area contributed by atoms with Crippen LogP contribution >= 0.6 is 0 Å². The Morgan fingerprint density at radius 2 is 1.61 bits per heavy atom. The van der Waals surface area contributed by atoms with Gasteiger partial charge in [-0.2, -0.15) is 13.2 Å². The van der Waals surface area contributed by atoms with Crippen molar-refractivity contribution < 1.29 is 42.1 Å². The average Bonchev–Trinajstić information content (AvgIpc) is 3.02. The Kier molecular flexibility index (Phi) is 10.6. The van der Waals surface area contributed by atoms with E-state index in [2.05, 4.69) is 16.0 Å². The van der Waals surface area contributed by atoms with Gasteiger partial charge in [0.05, 0.1) is 37.4 Å². The highest BCUT2D eigenvalue weighted by Crippen LogP contribution is 2.32. The first-order valence-corrected chi connectivity index (χ1v) is 14.4. The summed E-state index contributed by atoms with van der Waals surface area (Å²) >= 11 is 0. The first kappa shape index (κ1) is 33.9. The fourth-order valence-corrected chi connectivity index (χ4v) is 4.80. The van der Waals surface area contributed by atoms with Gasteiger partial charge in [0.25, 0.3) is 5.91 Å². The number of carbonyl (C=O) groups is 3. The second-order valence-corrected chi connectivity index (χ2v) is 11.0. The molecule has 0 radical (unpaired) electrons. The van der Waals surface area contributed by atoms with Gasteiger partial charge in [-0.1, -0.05) is 6.92 Å². The normalized spacial score (nSPS) is 17.0. The van der Waals surface area contributed by atoms with E-state index >= 15 is 0 Å². The maximum Gasteiger partial charge on any atom is 0.416 e. The Hall–Kier alpha value is -4.98. The number of nitrogens with one attached hydrogen (secondary N) is 3. The summed E-state index contributed by atoms with van der Waals surface area (Å²) in [5.74, 6) is 0.180. The lowest BCUT2D eigenvalue weighted by atomic mass is 9.99. The lowest BCUT2D eigenvalue weighted by Gasteiger charge is -2.38. The predicted octanol–water partition coefficient (Wildman–Crippen LogP) is 5.74. The van der Waals surface area contributed by atoms with Crippen LogP contribution in [0.3, 0.4) is 0 Å². The number of urea groups is 2. The van der Waals surface area contributed by atoms with Gasteiger partial charge in [-0.25, -0.2) is 9.59 Å². The van der Waals surface area contributed by atoms with Crippen molar-refractivity contribution >= 4 is 35.0 Å². The molecule has 246 valence electrons. The number of halogens is 3. The molecule has 0 spiro atoms. The number of rotatable bonds is 8. The molecule has 5 amide bonds. The van der Waals surface area contributed by atoms with Gasteiger partial charge in [-0.05, 0) is 73.7 Å². The molecular weight excluding hydrogens is 607 g/mol. The Balaban J connectivity index is 1.51. The van der Waals surface area contributed by atoms with Gasteiger partial charge in [0.1, 0.15) is 17.6 Å². The van der Waals surface area contributed by atoms with Crippen molar-refractivity contribution in [2.75, 3.05) is 49.8 Å². The number of hydrogen-bond donors (Lipinski definition) is 4. The minimum absolute atomic E-state index is 0.120. The first-order chi connectivity index (χ1) is 21.8. The molecule has 4 N–H and O–H groups in total. The van der Waals surface area contributed by atoms with Crippen molar-refractivity contribution in [3.8, 4) is 11.5 Å². The summed E-state index contributed by atoms with van der Waals surface area (Å²) in [5, 5.41) is 17.8. The molecule has 0 bridgehead atoms. The molecule has 46 heavy (non-hydrogen) atoms. The van der Waals surface area contributed by atoms with E-state index in [-0.39, 0.29) is 54.3 Å². The van der Waals surface area contributed by atoms with Gasteiger partial charge in [0, 0.05) is 36.6 Å². The zero-order valence-corrected chi connectivity index (χ0v) is 25.7. The second kappa shape index (κ2) is 14.4. The summed E-state index contributed by atoms with van der Waals surface area (Å²) in [4.78, 5) is 42.3. The van der Waals surface area contributed by atoms with Crippen molar-refractivity contribution in [1.29, 1.82) is 0 Å². The summed E-state index contributed by atoms with van der Waals surface area (Å²) in [6.07, 6.45) is -5.07. The molecule has 11 nitrogen and oxygen atoms in total. The predicted molar refractivity (Wildman–Crippen MR) is 166 cm³/mol. The molecule has 0 saturated heterocycles. The monoisotopic (exact) mass is 643 g/mol. The molecule has 1 heterocycles. The maximum atomic E-state index is 13.7. The van der Waals surface area contributed by atoms with Gasteiger partial charge in [0.2, 0.25) is 0 Å². The third kappa shape index (κ3) is 8.38. The highest BCUT2D eigenvalue weighted by atomic mass is 19.4. The number of methoxy groups -OCH3 is 1. The van der Waals surface area contributed by atoms with Crippen LogP contribution < -0.4 is 25.4 Å². The van der Waals surface area contributed by atoms with Crippen molar-refractivity contribution in [2.24, 2.45) is 5.92 Å². The summed E-state index contributed by atoms with van der Waals surface area (Å²) in [6.45, 7) is 3.67. The largest absolute Gasteiger partial charge is 0.497 e. The number of aliphatic hydroxyl groups is 1. The molecule has 0 unspecified atom stereocenters. The fraction of sp³-hybridized carbons (Fsp3) is 0.344. The quantitative estimate of drug-likeness (QED) is 0.248. The lowest BCUT2D eigenvalue weighted by molar-refractivity contribution is -0.137. The number of hydrogen-bond acceptors (Lipinski definition) is 6. The number of anilines is 3. The standard InChI is InChI=1S/C32H36F3N5O6/c1-19-16-40(20(2)18-41)29(42)26-15-24(37-30(43)36-22-7-5-21(6-8-22)32(33,34)35)11-14-27(26)46-28(19)17-39(3)31(44)38-23-9-12-25(45-4)13-10-23/h5-15,19-20,28,41H,16-18H2,1-4H3,(H,38,44)(H2,36,37,43)/t19-,20+,28+/m0/s1. The van der Waals surface area contributed by atoms with Crippen molar-refractivity contribution in [3.63, 3.8) is 0 Å². The van der Waals surface area contributed by atoms with Crippen LogP contribution in [0.15, 0.2) is 66.7 Å². The van der Waals surface area contributed by atoms with Crippen LogP contribution in [0, 0.1) is 5.92 Å². The van der Waals surface area contributed by atoms with E-state index in [9.17, 15) is 32.7 Å². The smallest absolute Gasteiger partial charge is 0.416 e. The van der Waals surface area contributed by atoms with E-state index < -0.39 is 35.8 Å². The fourth-order valence-electron chi connectivity index (χ4n) is 4.80. The number of ether oxygens (including phenoxy) is 2. The van der Waals surface area contributed by atoms with Crippen molar-refractivity contribution in [3.05, 3.63) is 77.9 Å². The van der Waals surface area contributed by atoms with E-state index in [0.29, 0.717) is 11.4 Å². The molecule has 3 atom stereocenters. The van der Waals surface area contributed by atoms with Crippen LogP contribution in [0.25, 0.3) is 0 Å². The van der Waals surface area contributed by atoms with Gasteiger partial charge >= 0.3 is 18.2 Å². The van der Waals surface area contributed by atoms with E-state index in [0.717, 1.165) is 24.3 Å². The van der Waals surface area contributed by atoms with E-state index in [1.54, 1.807) is 45.3 Å². The molecule has 0 fully saturated rings. The Bertz CT molecular complexity index is 1530. The molecule has 3 aromatic carbocycles. The third-order valence-electron chi connectivity index (χ3n) is 7.53. The molecule has 0 aliphatic carbocycles.